The average molecular weight is 315 g/mol. The molecule has 1 fully saturated rings. The van der Waals surface area contributed by atoms with Crippen molar-refractivity contribution in [1.82, 2.24) is 15.0 Å². The van der Waals surface area contributed by atoms with Crippen LogP contribution in [0, 0.1) is 0 Å². The Morgan fingerprint density at radius 3 is 2.83 bits per heavy atom. The van der Waals surface area contributed by atoms with Crippen LogP contribution in [0.3, 0.4) is 0 Å². The number of aromatic nitrogens is 3. The maximum Gasteiger partial charge on any atom is 0.147 e. The second kappa shape index (κ2) is 7.12. The Bertz CT molecular complexity index is 347. The van der Waals surface area contributed by atoms with Crippen molar-refractivity contribution >= 4 is 21.7 Å². The summed E-state index contributed by atoms with van der Waals surface area (Å²) in [6.45, 7) is 4.18. The lowest BCUT2D eigenvalue weighted by Crippen LogP contribution is -2.39. The lowest BCUT2D eigenvalue weighted by molar-refractivity contribution is 0.411. The number of hydrogen-bond donors (Lipinski definition) is 0. The summed E-state index contributed by atoms with van der Waals surface area (Å²) < 4.78 is 2.05. The van der Waals surface area contributed by atoms with Gasteiger partial charge in [0.05, 0.1) is 6.20 Å². The van der Waals surface area contributed by atoms with Gasteiger partial charge in [-0.1, -0.05) is 47.3 Å². The van der Waals surface area contributed by atoms with E-state index in [1.54, 1.807) is 0 Å². The topological polar surface area (TPSA) is 34.0 Å². The number of alkyl halides is 1. The van der Waals surface area contributed by atoms with E-state index in [1.807, 2.05) is 6.20 Å². The highest BCUT2D eigenvalue weighted by Crippen LogP contribution is 2.27. The third kappa shape index (κ3) is 3.25. The van der Waals surface area contributed by atoms with Crippen LogP contribution in [0.15, 0.2) is 6.20 Å². The Hall–Kier alpha value is -0.580. The zero-order valence-electron chi connectivity index (χ0n) is 11.2. The number of anilines is 1. The van der Waals surface area contributed by atoms with Gasteiger partial charge in [0.2, 0.25) is 0 Å². The Morgan fingerprint density at radius 1 is 1.39 bits per heavy atom. The molecule has 1 aliphatic rings. The zero-order valence-corrected chi connectivity index (χ0v) is 12.8. The smallest absolute Gasteiger partial charge is 0.147 e. The van der Waals surface area contributed by atoms with Crippen LogP contribution < -0.4 is 4.90 Å². The predicted molar refractivity (Wildman–Crippen MR) is 78.3 cm³/mol. The van der Waals surface area contributed by atoms with E-state index < -0.39 is 0 Å². The standard InChI is InChI=1S/C13H23BrN4/c1-2-9-18-13(11-15-16-18)17(10-8-14)12-6-4-3-5-7-12/h11-12H,2-10H2,1H3. The van der Waals surface area contributed by atoms with Gasteiger partial charge in [-0.2, -0.15) is 0 Å². The molecular formula is C13H23BrN4. The van der Waals surface area contributed by atoms with E-state index in [9.17, 15) is 0 Å². The first-order valence-electron chi connectivity index (χ1n) is 7.08. The van der Waals surface area contributed by atoms with Crippen molar-refractivity contribution in [3.05, 3.63) is 6.20 Å². The van der Waals surface area contributed by atoms with Gasteiger partial charge in [-0.3, -0.25) is 0 Å². The number of aryl methyl sites for hydroxylation is 1. The van der Waals surface area contributed by atoms with Crippen LogP contribution >= 0.6 is 15.9 Å². The molecule has 0 amide bonds. The minimum absolute atomic E-state index is 0.672. The van der Waals surface area contributed by atoms with Crippen LogP contribution in [0.5, 0.6) is 0 Å². The molecule has 0 N–H and O–H groups in total. The molecule has 0 aromatic carbocycles. The van der Waals surface area contributed by atoms with Gasteiger partial charge in [0.1, 0.15) is 5.82 Å². The molecule has 0 atom stereocenters. The SMILES string of the molecule is CCCn1nncc1N(CCBr)C1CCCCC1. The van der Waals surface area contributed by atoms with Crippen molar-refractivity contribution in [2.75, 3.05) is 16.8 Å². The maximum atomic E-state index is 4.21. The zero-order chi connectivity index (χ0) is 12.8. The quantitative estimate of drug-likeness (QED) is 0.756. The van der Waals surface area contributed by atoms with Gasteiger partial charge in [-0.25, -0.2) is 4.68 Å². The molecule has 1 heterocycles. The molecule has 102 valence electrons. The summed E-state index contributed by atoms with van der Waals surface area (Å²) in [7, 11) is 0. The first-order chi connectivity index (χ1) is 8.86. The summed E-state index contributed by atoms with van der Waals surface area (Å²) in [5, 5.41) is 9.31. The molecule has 1 aromatic rings. The fourth-order valence-electron chi connectivity index (χ4n) is 2.81. The Morgan fingerprint density at radius 2 is 2.17 bits per heavy atom. The van der Waals surface area contributed by atoms with Crippen LogP contribution in [0.25, 0.3) is 0 Å². The van der Waals surface area contributed by atoms with Gasteiger partial charge in [0, 0.05) is 24.5 Å². The molecule has 0 unspecified atom stereocenters. The van der Waals surface area contributed by atoms with E-state index >= 15 is 0 Å². The summed E-state index contributed by atoms with van der Waals surface area (Å²) in [4.78, 5) is 2.50. The van der Waals surface area contributed by atoms with Gasteiger partial charge in [-0.05, 0) is 19.3 Å². The predicted octanol–water partition coefficient (Wildman–Crippen LogP) is 3.22. The summed E-state index contributed by atoms with van der Waals surface area (Å²) in [5.41, 5.74) is 0. The van der Waals surface area contributed by atoms with Crippen molar-refractivity contribution in [3.8, 4) is 0 Å². The first-order valence-corrected chi connectivity index (χ1v) is 8.20. The summed E-state index contributed by atoms with van der Waals surface area (Å²) in [5.74, 6) is 1.20. The molecule has 4 nitrogen and oxygen atoms in total. The van der Waals surface area contributed by atoms with Crippen molar-refractivity contribution in [2.45, 2.75) is 58.0 Å². The van der Waals surface area contributed by atoms with Crippen LogP contribution in [0.2, 0.25) is 0 Å². The molecule has 0 saturated heterocycles. The van der Waals surface area contributed by atoms with E-state index in [1.165, 1.54) is 37.9 Å². The molecule has 1 aliphatic carbocycles. The largest absolute Gasteiger partial charge is 0.352 e. The van der Waals surface area contributed by atoms with Crippen LogP contribution in [-0.2, 0) is 6.54 Å². The number of halogens is 1. The fourth-order valence-corrected chi connectivity index (χ4v) is 3.20. The molecule has 0 bridgehead atoms. The van der Waals surface area contributed by atoms with Crippen molar-refractivity contribution in [2.24, 2.45) is 0 Å². The molecule has 0 radical (unpaired) electrons. The van der Waals surface area contributed by atoms with Crippen LogP contribution in [-0.4, -0.2) is 32.9 Å². The van der Waals surface area contributed by atoms with Crippen molar-refractivity contribution in [1.29, 1.82) is 0 Å². The summed E-state index contributed by atoms with van der Waals surface area (Å²) >= 11 is 3.57. The highest BCUT2D eigenvalue weighted by Gasteiger charge is 2.23. The van der Waals surface area contributed by atoms with Gasteiger partial charge in [0.15, 0.2) is 0 Å². The Kier molecular flexibility index (Phi) is 5.47. The molecule has 0 aliphatic heterocycles. The number of rotatable bonds is 6. The summed E-state index contributed by atoms with van der Waals surface area (Å²) in [6, 6.07) is 0.672. The van der Waals surface area contributed by atoms with Gasteiger partial charge < -0.3 is 4.90 Å². The van der Waals surface area contributed by atoms with Crippen molar-refractivity contribution < 1.29 is 0 Å². The second-order valence-electron chi connectivity index (χ2n) is 4.99. The number of nitrogens with zero attached hydrogens (tertiary/aromatic N) is 4. The monoisotopic (exact) mass is 314 g/mol. The fraction of sp³-hybridized carbons (Fsp3) is 0.846. The molecule has 1 aromatic heterocycles. The summed E-state index contributed by atoms with van der Waals surface area (Å²) in [6.07, 6.45) is 9.76. The molecule has 1 saturated carbocycles. The van der Waals surface area contributed by atoms with E-state index in [2.05, 4.69) is 42.7 Å². The minimum atomic E-state index is 0.672. The third-order valence-corrected chi connectivity index (χ3v) is 4.02. The van der Waals surface area contributed by atoms with Crippen LogP contribution in [0.4, 0.5) is 5.82 Å². The van der Waals surface area contributed by atoms with Gasteiger partial charge in [-0.15, -0.1) is 5.10 Å². The van der Waals surface area contributed by atoms with E-state index in [4.69, 9.17) is 0 Å². The van der Waals surface area contributed by atoms with E-state index in [-0.39, 0.29) is 0 Å². The first kappa shape index (κ1) is 13.8. The molecule has 2 rings (SSSR count). The van der Waals surface area contributed by atoms with Crippen molar-refractivity contribution in [3.63, 3.8) is 0 Å². The van der Waals surface area contributed by atoms with Crippen LogP contribution in [0.1, 0.15) is 45.4 Å². The lowest BCUT2D eigenvalue weighted by atomic mass is 9.94. The average Bonchev–Trinajstić information content (AvgIpc) is 2.85. The van der Waals surface area contributed by atoms with Gasteiger partial charge >= 0.3 is 0 Å². The normalized spacial score (nSPS) is 17.0. The second-order valence-corrected chi connectivity index (χ2v) is 5.78. The molecule has 0 spiro atoms. The molecule has 5 heteroatoms. The molecular weight excluding hydrogens is 292 g/mol. The van der Waals surface area contributed by atoms with Gasteiger partial charge in [0.25, 0.3) is 0 Å². The lowest BCUT2D eigenvalue weighted by Gasteiger charge is -2.35. The highest BCUT2D eigenvalue weighted by molar-refractivity contribution is 9.09. The highest BCUT2D eigenvalue weighted by atomic mass is 79.9. The van der Waals surface area contributed by atoms with E-state index in [0.29, 0.717) is 6.04 Å². The Labute approximate surface area is 118 Å². The minimum Gasteiger partial charge on any atom is -0.352 e. The Balaban J connectivity index is 2.14. The number of hydrogen-bond acceptors (Lipinski definition) is 3. The van der Waals surface area contributed by atoms with E-state index in [0.717, 1.165) is 24.8 Å². The molecule has 18 heavy (non-hydrogen) atoms. The third-order valence-electron chi connectivity index (χ3n) is 3.67. The maximum absolute atomic E-state index is 4.21.